The summed E-state index contributed by atoms with van der Waals surface area (Å²) in [6, 6.07) is 10.2. The fourth-order valence-electron chi connectivity index (χ4n) is 3.63. The Morgan fingerprint density at radius 2 is 1.68 bits per heavy atom. The average molecular weight is 423 g/mol. The molecule has 0 atom stereocenters. The molecule has 1 N–H and O–H groups in total. The van der Waals surface area contributed by atoms with Crippen LogP contribution >= 0.6 is 11.6 Å². The van der Waals surface area contributed by atoms with Gasteiger partial charge in [0.05, 0.1) is 4.90 Å². The van der Waals surface area contributed by atoms with E-state index in [0.717, 1.165) is 11.1 Å². The summed E-state index contributed by atoms with van der Waals surface area (Å²) in [7, 11) is -3.51. The van der Waals surface area contributed by atoms with Gasteiger partial charge in [0.2, 0.25) is 10.0 Å². The van der Waals surface area contributed by atoms with Crippen LogP contribution in [0.2, 0.25) is 5.02 Å². The predicted octanol–water partition coefficient (Wildman–Crippen LogP) is 3.98. The Bertz CT molecular complexity index is 935. The molecule has 5 nitrogen and oxygen atoms in total. The molecule has 0 unspecified atom stereocenters. The van der Waals surface area contributed by atoms with E-state index in [1.807, 2.05) is 13.0 Å². The van der Waals surface area contributed by atoms with Crippen LogP contribution in [0.3, 0.4) is 0 Å². The summed E-state index contributed by atoms with van der Waals surface area (Å²) in [4.78, 5) is 2.45. The maximum absolute atomic E-state index is 12.8. The summed E-state index contributed by atoms with van der Waals surface area (Å²) in [5, 5.41) is 10.9. The highest BCUT2D eigenvalue weighted by Crippen LogP contribution is 2.29. The highest BCUT2D eigenvalue weighted by molar-refractivity contribution is 7.89. The van der Waals surface area contributed by atoms with Gasteiger partial charge in [-0.3, -0.25) is 4.90 Å². The Labute approximate surface area is 172 Å². The molecule has 0 spiro atoms. The standard InChI is InChI=1S/C21H27ClN2O3S/c1-15(2)20-13-17(21(25)12-16(20)3)14-23-8-10-24(11-9-23)28(26,27)19-6-4-18(22)5-7-19/h4-7,12-13,15,25H,8-11,14H2,1-3H3. The molecule has 0 aliphatic carbocycles. The van der Waals surface area contributed by atoms with Crippen molar-refractivity contribution in [3.05, 3.63) is 58.1 Å². The number of hydrogen-bond acceptors (Lipinski definition) is 4. The van der Waals surface area contributed by atoms with Crippen molar-refractivity contribution in [3.63, 3.8) is 0 Å². The minimum atomic E-state index is -3.51. The molecule has 0 aromatic heterocycles. The minimum absolute atomic E-state index is 0.267. The Morgan fingerprint density at radius 1 is 1.07 bits per heavy atom. The van der Waals surface area contributed by atoms with Crippen LogP contribution < -0.4 is 0 Å². The van der Waals surface area contributed by atoms with Crippen LogP contribution in [0, 0.1) is 6.92 Å². The van der Waals surface area contributed by atoms with E-state index in [1.165, 1.54) is 9.87 Å². The second-order valence-corrected chi connectivity index (χ2v) is 10.0. The lowest BCUT2D eigenvalue weighted by molar-refractivity contribution is 0.180. The van der Waals surface area contributed by atoms with E-state index in [1.54, 1.807) is 24.3 Å². The first kappa shape index (κ1) is 21.1. The number of rotatable bonds is 5. The van der Waals surface area contributed by atoms with Gasteiger partial charge in [-0.15, -0.1) is 0 Å². The molecular formula is C21H27ClN2O3S. The zero-order valence-electron chi connectivity index (χ0n) is 16.5. The zero-order valence-corrected chi connectivity index (χ0v) is 18.1. The molecule has 28 heavy (non-hydrogen) atoms. The number of piperazine rings is 1. The molecule has 152 valence electrons. The zero-order chi connectivity index (χ0) is 20.5. The Balaban J connectivity index is 1.68. The molecule has 1 heterocycles. The van der Waals surface area contributed by atoms with Crippen LogP contribution in [0.4, 0.5) is 0 Å². The van der Waals surface area contributed by atoms with Gasteiger partial charge in [0, 0.05) is 43.3 Å². The number of phenols is 1. The Morgan fingerprint density at radius 3 is 2.25 bits per heavy atom. The van der Waals surface area contributed by atoms with Crippen LogP contribution in [0.15, 0.2) is 41.3 Å². The van der Waals surface area contributed by atoms with Crippen LogP contribution in [-0.2, 0) is 16.6 Å². The lowest BCUT2D eigenvalue weighted by Crippen LogP contribution is -2.48. The Hall–Kier alpha value is -1.60. The van der Waals surface area contributed by atoms with Crippen LogP contribution in [0.25, 0.3) is 0 Å². The van der Waals surface area contributed by atoms with Crippen LogP contribution in [-0.4, -0.2) is 48.9 Å². The van der Waals surface area contributed by atoms with Gasteiger partial charge < -0.3 is 5.11 Å². The third kappa shape index (κ3) is 4.51. The number of hydrogen-bond donors (Lipinski definition) is 1. The smallest absolute Gasteiger partial charge is 0.243 e. The molecule has 2 aromatic rings. The molecule has 1 fully saturated rings. The molecule has 0 bridgehead atoms. The highest BCUT2D eigenvalue weighted by atomic mass is 35.5. The molecular weight excluding hydrogens is 396 g/mol. The largest absolute Gasteiger partial charge is 0.508 e. The molecule has 0 saturated carbocycles. The monoisotopic (exact) mass is 422 g/mol. The molecule has 1 aliphatic heterocycles. The van der Waals surface area contributed by atoms with E-state index < -0.39 is 10.0 Å². The Kier molecular flexibility index (Phi) is 6.34. The van der Waals surface area contributed by atoms with E-state index >= 15 is 0 Å². The summed E-state index contributed by atoms with van der Waals surface area (Å²) < 4.78 is 27.1. The molecule has 1 aliphatic rings. The first-order valence-corrected chi connectivity index (χ1v) is 11.3. The molecule has 2 aromatic carbocycles. The van der Waals surface area contributed by atoms with Crippen molar-refractivity contribution in [3.8, 4) is 5.75 Å². The molecule has 0 radical (unpaired) electrons. The first-order valence-electron chi connectivity index (χ1n) is 9.49. The summed E-state index contributed by atoms with van der Waals surface area (Å²) >= 11 is 5.86. The number of sulfonamides is 1. The van der Waals surface area contributed by atoms with Gasteiger partial charge in [-0.1, -0.05) is 31.5 Å². The van der Waals surface area contributed by atoms with Crippen molar-refractivity contribution in [1.82, 2.24) is 9.21 Å². The summed E-state index contributed by atoms with van der Waals surface area (Å²) in [6.45, 7) is 9.00. The number of aryl methyl sites for hydroxylation is 1. The predicted molar refractivity (Wildman–Crippen MR) is 112 cm³/mol. The molecule has 0 amide bonds. The maximum atomic E-state index is 12.8. The van der Waals surface area contributed by atoms with Gasteiger partial charge in [0.15, 0.2) is 0 Å². The van der Waals surface area contributed by atoms with Crippen molar-refractivity contribution in [2.45, 2.75) is 38.1 Å². The maximum Gasteiger partial charge on any atom is 0.243 e. The van der Waals surface area contributed by atoms with Gasteiger partial charge in [-0.05, 0) is 54.3 Å². The summed E-state index contributed by atoms with van der Waals surface area (Å²) in [6.07, 6.45) is 0. The lowest BCUT2D eigenvalue weighted by atomic mass is 9.95. The number of aromatic hydroxyl groups is 1. The third-order valence-corrected chi connectivity index (χ3v) is 7.43. The van der Waals surface area contributed by atoms with Gasteiger partial charge >= 0.3 is 0 Å². The van der Waals surface area contributed by atoms with Crippen molar-refractivity contribution < 1.29 is 13.5 Å². The number of benzene rings is 2. The number of nitrogens with zero attached hydrogens (tertiary/aromatic N) is 2. The molecule has 1 saturated heterocycles. The van der Waals surface area contributed by atoms with Gasteiger partial charge in [0.25, 0.3) is 0 Å². The van der Waals surface area contributed by atoms with Gasteiger partial charge in [0.1, 0.15) is 5.75 Å². The number of phenolic OH excluding ortho intramolecular Hbond substituents is 1. The fourth-order valence-corrected chi connectivity index (χ4v) is 5.18. The topological polar surface area (TPSA) is 60.9 Å². The molecule has 3 rings (SSSR count). The highest BCUT2D eigenvalue weighted by Gasteiger charge is 2.28. The summed E-state index contributed by atoms with van der Waals surface area (Å²) in [5.74, 6) is 0.693. The second-order valence-electron chi connectivity index (χ2n) is 7.63. The van der Waals surface area contributed by atoms with Crippen molar-refractivity contribution in [1.29, 1.82) is 0 Å². The van der Waals surface area contributed by atoms with E-state index in [9.17, 15) is 13.5 Å². The first-order chi connectivity index (χ1) is 13.2. The second kappa shape index (κ2) is 8.41. The van der Waals surface area contributed by atoms with E-state index in [2.05, 4.69) is 24.8 Å². The van der Waals surface area contributed by atoms with Gasteiger partial charge in [-0.2, -0.15) is 4.31 Å². The SMILES string of the molecule is Cc1cc(O)c(CN2CCN(S(=O)(=O)c3ccc(Cl)cc3)CC2)cc1C(C)C. The van der Waals surface area contributed by atoms with Crippen LogP contribution in [0.1, 0.15) is 36.5 Å². The van der Waals surface area contributed by atoms with Crippen molar-refractivity contribution >= 4 is 21.6 Å². The normalized spacial score (nSPS) is 16.6. The average Bonchev–Trinajstić information content (AvgIpc) is 2.64. The van der Waals surface area contributed by atoms with E-state index in [4.69, 9.17) is 11.6 Å². The van der Waals surface area contributed by atoms with Crippen molar-refractivity contribution in [2.75, 3.05) is 26.2 Å². The summed E-state index contributed by atoms with van der Waals surface area (Å²) in [5.41, 5.74) is 3.22. The van der Waals surface area contributed by atoms with E-state index in [-0.39, 0.29) is 4.90 Å². The van der Waals surface area contributed by atoms with Crippen LogP contribution in [0.5, 0.6) is 5.75 Å². The lowest BCUT2D eigenvalue weighted by Gasteiger charge is -2.34. The van der Waals surface area contributed by atoms with Gasteiger partial charge in [-0.25, -0.2) is 8.42 Å². The fraction of sp³-hybridized carbons (Fsp3) is 0.429. The van der Waals surface area contributed by atoms with E-state index in [0.29, 0.717) is 49.4 Å². The molecule has 7 heteroatoms. The third-order valence-electron chi connectivity index (χ3n) is 5.27. The quantitative estimate of drug-likeness (QED) is 0.791. The van der Waals surface area contributed by atoms with Crippen molar-refractivity contribution in [2.24, 2.45) is 0 Å². The minimum Gasteiger partial charge on any atom is -0.508 e. The number of halogens is 1.